The van der Waals surface area contributed by atoms with Crippen LogP contribution in [0.15, 0.2) is 29.6 Å². The predicted molar refractivity (Wildman–Crippen MR) is 109 cm³/mol. The van der Waals surface area contributed by atoms with Crippen LogP contribution >= 0.6 is 11.3 Å². The van der Waals surface area contributed by atoms with Crippen LogP contribution in [0.5, 0.6) is 0 Å². The van der Waals surface area contributed by atoms with Crippen LogP contribution in [0.2, 0.25) is 0 Å². The highest BCUT2D eigenvalue weighted by atomic mass is 32.1. The Hall–Kier alpha value is -1.69. The van der Waals surface area contributed by atoms with Gasteiger partial charge in [0.1, 0.15) is 0 Å². The summed E-state index contributed by atoms with van der Waals surface area (Å²) in [6.45, 7) is 7.51. The molecular weight excluding hydrogens is 356 g/mol. The van der Waals surface area contributed by atoms with E-state index < -0.39 is 0 Å². The van der Waals surface area contributed by atoms with E-state index in [-0.39, 0.29) is 5.91 Å². The molecule has 1 unspecified atom stereocenters. The minimum atomic E-state index is 0.0689. The topological polar surface area (TPSA) is 41.6 Å². The standard InChI is InChI=1S/C22H28N2O2S/c1-16-2-7-19-20(15-27-21(19)12-16)22(25)23-13-17-3-5-18(6-4-17)14-24-8-10-26-11-9-24/h3-6,15-16H,2,7-14H2,1H3,(H,23,25). The number of thiophene rings is 1. The number of benzene rings is 1. The molecule has 2 aromatic rings. The number of hydrogen-bond acceptors (Lipinski definition) is 4. The molecular formula is C22H28N2O2S. The van der Waals surface area contributed by atoms with Crippen molar-refractivity contribution < 1.29 is 9.53 Å². The smallest absolute Gasteiger partial charge is 0.252 e. The number of fused-ring (bicyclic) bond motifs is 1. The molecule has 0 radical (unpaired) electrons. The number of morpholine rings is 1. The number of rotatable bonds is 5. The summed E-state index contributed by atoms with van der Waals surface area (Å²) >= 11 is 1.75. The van der Waals surface area contributed by atoms with E-state index in [0.29, 0.717) is 6.54 Å². The van der Waals surface area contributed by atoms with Gasteiger partial charge in [-0.15, -0.1) is 11.3 Å². The lowest BCUT2D eigenvalue weighted by Crippen LogP contribution is -2.35. The third kappa shape index (κ3) is 4.60. The number of nitrogens with one attached hydrogen (secondary N) is 1. The van der Waals surface area contributed by atoms with Gasteiger partial charge in [0.05, 0.1) is 18.8 Å². The third-order valence-electron chi connectivity index (χ3n) is 5.63. The van der Waals surface area contributed by atoms with E-state index in [0.717, 1.165) is 62.7 Å². The van der Waals surface area contributed by atoms with Gasteiger partial charge in [-0.2, -0.15) is 0 Å². The molecule has 5 heteroatoms. The normalized spacial score (nSPS) is 20.3. The van der Waals surface area contributed by atoms with Crippen molar-refractivity contribution in [3.8, 4) is 0 Å². The largest absolute Gasteiger partial charge is 0.379 e. The molecule has 2 heterocycles. The fraction of sp³-hybridized carbons (Fsp3) is 0.500. The molecule has 4 rings (SSSR count). The Kier molecular flexibility index (Phi) is 5.91. The molecule has 1 amide bonds. The Labute approximate surface area is 165 Å². The fourth-order valence-electron chi connectivity index (χ4n) is 3.93. The maximum atomic E-state index is 12.6. The van der Waals surface area contributed by atoms with Crippen molar-refractivity contribution in [2.24, 2.45) is 5.92 Å². The van der Waals surface area contributed by atoms with Crippen molar-refractivity contribution in [3.05, 3.63) is 56.8 Å². The van der Waals surface area contributed by atoms with Crippen molar-refractivity contribution in [3.63, 3.8) is 0 Å². The lowest BCUT2D eigenvalue weighted by Gasteiger charge is -2.26. The zero-order valence-corrected chi connectivity index (χ0v) is 16.8. The Morgan fingerprint density at radius 2 is 1.96 bits per heavy atom. The van der Waals surface area contributed by atoms with Gasteiger partial charge in [0, 0.05) is 36.4 Å². The molecule has 1 aliphatic heterocycles. The van der Waals surface area contributed by atoms with Gasteiger partial charge in [-0.25, -0.2) is 0 Å². The van der Waals surface area contributed by atoms with E-state index in [2.05, 4.69) is 41.4 Å². The van der Waals surface area contributed by atoms with E-state index in [1.807, 2.05) is 5.38 Å². The van der Waals surface area contributed by atoms with Gasteiger partial charge in [-0.3, -0.25) is 9.69 Å². The van der Waals surface area contributed by atoms with Gasteiger partial charge >= 0.3 is 0 Å². The first kappa shape index (κ1) is 18.7. The molecule has 1 aliphatic carbocycles. The summed E-state index contributed by atoms with van der Waals surface area (Å²) in [6.07, 6.45) is 3.35. The molecule has 144 valence electrons. The van der Waals surface area contributed by atoms with Crippen LogP contribution in [0.25, 0.3) is 0 Å². The average molecular weight is 385 g/mol. The number of amides is 1. The highest BCUT2D eigenvalue weighted by Gasteiger charge is 2.23. The quantitative estimate of drug-likeness (QED) is 0.856. The minimum absolute atomic E-state index is 0.0689. The lowest BCUT2D eigenvalue weighted by molar-refractivity contribution is 0.0342. The molecule has 1 saturated heterocycles. The van der Waals surface area contributed by atoms with Gasteiger partial charge in [0.15, 0.2) is 0 Å². The average Bonchev–Trinajstić information content (AvgIpc) is 3.11. The van der Waals surface area contributed by atoms with Crippen molar-refractivity contribution >= 4 is 17.2 Å². The zero-order valence-electron chi connectivity index (χ0n) is 16.0. The number of ether oxygens (including phenoxy) is 1. The summed E-state index contributed by atoms with van der Waals surface area (Å²) in [5.74, 6) is 0.808. The number of carbonyl (C=O) groups is 1. The second-order valence-electron chi connectivity index (χ2n) is 7.79. The maximum Gasteiger partial charge on any atom is 0.252 e. The van der Waals surface area contributed by atoms with Crippen LogP contribution in [0, 0.1) is 5.92 Å². The molecule has 0 spiro atoms. The Morgan fingerprint density at radius 1 is 1.22 bits per heavy atom. The van der Waals surface area contributed by atoms with Crippen molar-refractivity contribution in [2.45, 2.75) is 39.3 Å². The minimum Gasteiger partial charge on any atom is -0.379 e. The van der Waals surface area contributed by atoms with Crippen LogP contribution in [0.1, 0.15) is 45.3 Å². The molecule has 27 heavy (non-hydrogen) atoms. The van der Waals surface area contributed by atoms with Gasteiger partial charge < -0.3 is 10.1 Å². The highest BCUT2D eigenvalue weighted by Crippen LogP contribution is 2.32. The summed E-state index contributed by atoms with van der Waals surface area (Å²) in [5.41, 5.74) is 4.64. The molecule has 4 nitrogen and oxygen atoms in total. The fourth-order valence-corrected chi connectivity index (χ4v) is 5.17. The first-order valence-electron chi connectivity index (χ1n) is 9.94. The number of hydrogen-bond donors (Lipinski definition) is 1. The maximum absolute atomic E-state index is 12.6. The number of nitrogens with zero attached hydrogens (tertiary/aromatic N) is 1. The summed E-state index contributed by atoms with van der Waals surface area (Å²) in [6, 6.07) is 8.59. The molecule has 1 N–H and O–H groups in total. The SMILES string of the molecule is CC1CCc2c(C(=O)NCc3ccc(CN4CCOCC4)cc3)csc2C1. The molecule has 1 atom stereocenters. The number of carbonyl (C=O) groups excluding carboxylic acids is 1. The molecule has 1 aromatic heterocycles. The Bertz CT molecular complexity index is 778. The van der Waals surface area contributed by atoms with Crippen molar-refractivity contribution in [1.82, 2.24) is 10.2 Å². The van der Waals surface area contributed by atoms with Gasteiger partial charge in [-0.1, -0.05) is 31.2 Å². The van der Waals surface area contributed by atoms with Gasteiger partial charge in [0.2, 0.25) is 0 Å². The van der Waals surface area contributed by atoms with E-state index in [4.69, 9.17) is 4.74 Å². The summed E-state index contributed by atoms with van der Waals surface area (Å²) < 4.78 is 5.40. The van der Waals surface area contributed by atoms with Crippen LogP contribution in [0.4, 0.5) is 0 Å². The summed E-state index contributed by atoms with van der Waals surface area (Å²) in [4.78, 5) is 16.5. The van der Waals surface area contributed by atoms with Crippen molar-refractivity contribution in [2.75, 3.05) is 26.3 Å². The second-order valence-corrected chi connectivity index (χ2v) is 8.75. The van der Waals surface area contributed by atoms with Gasteiger partial charge in [-0.05, 0) is 41.9 Å². The van der Waals surface area contributed by atoms with Gasteiger partial charge in [0.25, 0.3) is 5.91 Å². The highest BCUT2D eigenvalue weighted by molar-refractivity contribution is 7.10. The van der Waals surface area contributed by atoms with Crippen LogP contribution < -0.4 is 5.32 Å². The van der Waals surface area contributed by atoms with Crippen LogP contribution in [-0.2, 0) is 30.7 Å². The molecule has 1 fully saturated rings. The van der Waals surface area contributed by atoms with Crippen LogP contribution in [-0.4, -0.2) is 37.1 Å². The lowest BCUT2D eigenvalue weighted by atomic mass is 9.88. The predicted octanol–water partition coefficient (Wildman–Crippen LogP) is 3.64. The Morgan fingerprint density at radius 3 is 2.74 bits per heavy atom. The van der Waals surface area contributed by atoms with E-state index in [1.54, 1.807) is 11.3 Å². The molecule has 0 bridgehead atoms. The third-order valence-corrected chi connectivity index (χ3v) is 6.68. The monoisotopic (exact) mass is 384 g/mol. The zero-order chi connectivity index (χ0) is 18.6. The second kappa shape index (κ2) is 8.55. The Balaban J connectivity index is 1.31. The van der Waals surface area contributed by atoms with E-state index in [1.165, 1.54) is 22.4 Å². The van der Waals surface area contributed by atoms with Crippen molar-refractivity contribution in [1.29, 1.82) is 0 Å². The van der Waals surface area contributed by atoms with E-state index in [9.17, 15) is 4.79 Å². The summed E-state index contributed by atoms with van der Waals surface area (Å²) in [5, 5.41) is 5.15. The molecule has 0 saturated carbocycles. The first-order chi connectivity index (χ1) is 13.2. The summed E-state index contributed by atoms with van der Waals surface area (Å²) in [7, 11) is 0. The molecule has 2 aliphatic rings. The van der Waals surface area contributed by atoms with E-state index >= 15 is 0 Å². The molecule has 1 aromatic carbocycles. The van der Waals surface area contributed by atoms with Crippen LogP contribution in [0.3, 0.4) is 0 Å². The first-order valence-corrected chi connectivity index (χ1v) is 10.8.